The lowest BCUT2D eigenvalue weighted by atomic mass is 9.83. The molecule has 1 aromatic heterocycles. The van der Waals surface area contributed by atoms with Crippen molar-refractivity contribution in [1.29, 1.82) is 0 Å². The molecule has 1 saturated carbocycles. The summed E-state index contributed by atoms with van der Waals surface area (Å²) in [5.41, 5.74) is 7.60. The normalized spacial score (nSPS) is 20.4. The number of nitrogens with two attached hydrogens (primary N) is 1. The zero-order valence-corrected chi connectivity index (χ0v) is 14.1. The number of carboxylic acids is 1. The Balaban J connectivity index is 2.18. The molecule has 4 N–H and O–H groups in total. The Hall–Kier alpha value is -2.60. The molecule has 3 rings (SSSR count). The van der Waals surface area contributed by atoms with Gasteiger partial charge in [0.05, 0.1) is 0 Å². The number of rotatable bonds is 3. The van der Waals surface area contributed by atoms with E-state index in [0.717, 1.165) is 42.6 Å². The van der Waals surface area contributed by atoms with Crippen molar-refractivity contribution in [2.24, 2.45) is 5.73 Å². The van der Waals surface area contributed by atoms with Gasteiger partial charge >= 0.3 is 5.97 Å². The average Bonchev–Trinajstić information content (AvgIpc) is 2.55. The maximum absolute atomic E-state index is 12.3. The number of nitrogens with zero attached hydrogens (tertiary/aromatic N) is 1. The molecule has 2 aromatic rings. The Bertz CT molecular complexity index is 864. The van der Waals surface area contributed by atoms with E-state index < -0.39 is 11.4 Å². The monoisotopic (exact) mass is 342 g/mol. The highest BCUT2D eigenvalue weighted by Crippen LogP contribution is 2.33. The fourth-order valence-electron chi connectivity index (χ4n) is 3.56. The van der Waals surface area contributed by atoms with E-state index >= 15 is 0 Å². The predicted octanol–water partition coefficient (Wildman–Crippen LogP) is 2.53. The van der Waals surface area contributed by atoms with Gasteiger partial charge in [0, 0.05) is 29.7 Å². The molecular weight excluding hydrogens is 320 g/mol. The van der Waals surface area contributed by atoms with Crippen LogP contribution in [0.3, 0.4) is 0 Å². The van der Waals surface area contributed by atoms with Crippen LogP contribution in [0.2, 0.25) is 0 Å². The molecule has 1 aliphatic rings. The molecule has 1 fully saturated rings. The third-order valence-corrected chi connectivity index (χ3v) is 4.94. The summed E-state index contributed by atoms with van der Waals surface area (Å²) in [4.78, 5) is 23.7. The quantitative estimate of drug-likeness (QED) is 0.795. The highest BCUT2D eigenvalue weighted by molar-refractivity contribution is 5.87. The molecule has 6 heteroatoms. The molecule has 1 aromatic carbocycles. The van der Waals surface area contributed by atoms with Gasteiger partial charge in [0.15, 0.2) is 5.43 Å². The van der Waals surface area contributed by atoms with Gasteiger partial charge in [0.25, 0.3) is 0 Å². The van der Waals surface area contributed by atoms with Crippen molar-refractivity contribution in [2.75, 3.05) is 0 Å². The second-order valence-corrected chi connectivity index (χ2v) is 6.73. The van der Waals surface area contributed by atoms with E-state index in [1.54, 1.807) is 22.8 Å². The third-order valence-electron chi connectivity index (χ3n) is 4.94. The van der Waals surface area contributed by atoms with Gasteiger partial charge in [-0.15, -0.1) is 0 Å². The number of aromatic hydroxyl groups is 1. The molecule has 0 amide bonds. The Labute approximate surface area is 145 Å². The minimum absolute atomic E-state index is 0.144. The molecule has 6 nitrogen and oxygen atoms in total. The van der Waals surface area contributed by atoms with Crippen molar-refractivity contribution in [2.45, 2.75) is 44.6 Å². The van der Waals surface area contributed by atoms with Crippen LogP contribution in [0.4, 0.5) is 0 Å². The molecule has 0 atom stereocenters. The van der Waals surface area contributed by atoms with Gasteiger partial charge in [-0.25, -0.2) is 4.79 Å². The van der Waals surface area contributed by atoms with Crippen LogP contribution in [0.1, 0.15) is 53.2 Å². The van der Waals surface area contributed by atoms with Gasteiger partial charge in [0.1, 0.15) is 11.3 Å². The summed E-state index contributed by atoms with van der Waals surface area (Å²) < 4.78 is 1.78. The lowest BCUT2D eigenvalue weighted by molar-refractivity contribution is 0.0694. The number of pyridine rings is 1. The first kappa shape index (κ1) is 17.2. The van der Waals surface area contributed by atoms with Crippen LogP contribution in [0, 0.1) is 6.92 Å². The molecule has 0 saturated heterocycles. The number of hydrogen-bond donors (Lipinski definition) is 3. The lowest BCUT2D eigenvalue weighted by Gasteiger charge is -2.29. The first-order valence-electron chi connectivity index (χ1n) is 8.42. The Morgan fingerprint density at radius 3 is 2.48 bits per heavy atom. The molecule has 0 spiro atoms. The molecule has 0 unspecified atom stereocenters. The summed E-state index contributed by atoms with van der Waals surface area (Å²) in [6.07, 6.45) is 4.89. The highest BCUT2D eigenvalue weighted by Gasteiger charge is 2.25. The van der Waals surface area contributed by atoms with Gasteiger partial charge in [-0.1, -0.05) is 0 Å². The zero-order chi connectivity index (χ0) is 18.1. The number of aromatic carboxylic acids is 1. The Morgan fingerprint density at radius 2 is 1.88 bits per heavy atom. The highest BCUT2D eigenvalue weighted by atomic mass is 16.4. The number of carboxylic acid groups (broad SMARTS) is 1. The van der Waals surface area contributed by atoms with E-state index in [2.05, 4.69) is 0 Å². The molecule has 1 heterocycles. The average molecular weight is 342 g/mol. The summed E-state index contributed by atoms with van der Waals surface area (Å²) in [5.74, 6) is -0.943. The molecule has 25 heavy (non-hydrogen) atoms. The smallest absolute Gasteiger partial charge is 0.341 e. The van der Waals surface area contributed by atoms with Crippen molar-refractivity contribution in [1.82, 2.24) is 4.57 Å². The summed E-state index contributed by atoms with van der Waals surface area (Å²) in [5, 5.41) is 19.0. The first-order valence-corrected chi connectivity index (χ1v) is 8.42. The fourth-order valence-corrected chi connectivity index (χ4v) is 3.56. The minimum atomic E-state index is -1.24. The number of phenols is 1. The number of hydrogen-bond acceptors (Lipinski definition) is 4. The van der Waals surface area contributed by atoms with Crippen LogP contribution >= 0.6 is 0 Å². The zero-order valence-electron chi connectivity index (χ0n) is 14.1. The lowest BCUT2D eigenvalue weighted by Crippen LogP contribution is -2.28. The van der Waals surface area contributed by atoms with Gasteiger partial charge in [-0.3, -0.25) is 4.79 Å². The number of aryl methyl sites for hydroxylation is 1. The minimum Gasteiger partial charge on any atom is -0.508 e. The largest absolute Gasteiger partial charge is 0.508 e. The van der Waals surface area contributed by atoms with Crippen LogP contribution in [0.15, 0.2) is 35.3 Å². The molecule has 0 aliphatic heterocycles. The molecule has 1 aliphatic carbocycles. The second-order valence-electron chi connectivity index (χ2n) is 6.73. The fraction of sp³-hybridized carbons (Fsp3) is 0.368. The van der Waals surface area contributed by atoms with Gasteiger partial charge in [-0.2, -0.15) is 0 Å². The van der Waals surface area contributed by atoms with Crippen molar-refractivity contribution >= 4 is 5.97 Å². The number of benzene rings is 1. The summed E-state index contributed by atoms with van der Waals surface area (Å²) in [6, 6.07) is 6.54. The van der Waals surface area contributed by atoms with Gasteiger partial charge in [0.2, 0.25) is 0 Å². The second kappa shape index (κ2) is 6.72. The van der Waals surface area contributed by atoms with E-state index in [1.165, 1.54) is 12.3 Å². The topological polar surface area (TPSA) is 106 Å². The van der Waals surface area contributed by atoms with Crippen LogP contribution in [-0.4, -0.2) is 26.8 Å². The van der Waals surface area contributed by atoms with E-state index in [1.807, 2.05) is 6.92 Å². The summed E-state index contributed by atoms with van der Waals surface area (Å²) in [6.45, 7) is 1.84. The molecule has 0 bridgehead atoms. The van der Waals surface area contributed by atoms with E-state index in [-0.39, 0.29) is 23.3 Å². The third kappa shape index (κ3) is 3.44. The van der Waals surface area contributed by atoms with Gasteiger partial charge < -0.3 is 20.5 Å². The van der Waals surface area contributed by atoms with Crippen LogP contribution in [0.25, 0.3) is 5.69 Å². The Kier molecular flexibility index (Phi) is 4.63. The maximum atomic E-state index is 12.3. The predicted molar refractivity (Wildman–Crippen MR) is 94.6 cm³/mol. The summed E-state index contributed by atoms with van der Waals surface area (Å²) in [7, 11) is 0. The summed E-state index contributed by atoms with van der Waals surface area (Å²) >= 11 is 0. The Morgan fingerprint density at radius 1 is 1.20 bits per heavy atom. The van der Waals surface area contributed by atoms with Crippen molar-refractivity contribution in [3.63, 3.8) is 0 Å². The number of carbonyl (C=O) groups is 1. The van der Waals surface area contributed by atoms with Crippen LogP contribution < -0.4 is 11.2 Å². The van der Waals surface area contributed by atoms with E-state index in [4.69, 9.17) is 5.73 Å². The van der Waals surface area contributed by atoms with Crippen molar-refractivity contribution in [3.05, 3.63) is 57.5 Å². The maximum Gasteiger partial charge on any atom is 0.341 e. The molecule has 0 radical (unpaired) electrons. The van der Waals surface area contributed by atoms with Crippen molar-refractivity contribution in [3.8, 4) is 11.4 Å². The molecular formula is C19H22N2O4. The SMILES string of the molecule is Cc1cc(O)ccc1-n1cc(C(=O)O)c(=O)cc1C1CCC(N)CC1. The first-order chi connectivity index (χ1) is 11.9. The molecule has 132 valence electrons. The van der Waals surface area contributed by atoms with Crippen LogP contribution in [0.5, 0.6) is 5.75 Å². The van der Waals surface area contributed by atoms with E-state index in [0.29, 0.717) is 0 Å². The van der Waals surface area contributed by atoms with Crippen molar-refractivity contribution < 1.29 is 15.0 Å². The van der Waals surface area contributed by atoms with Gasteiger partial charge in [-0.05, 0) is 62.3 Å². The van der Waals surface area contributed by atoms with E-state index in [9.17, 15) is 19.8 Å². The van der Waals surface area contributed by atoms with Crippen LogP contribution in [-0.2, 0) is 0 Å². The number of aromatic nitrogens is 1. The standard InChI is InChI=1S/C19H22N2O4/c1-11-8-14(22)6-7-16(11)21-10-15(19(24)25)18(23)9-17(21)12-2-4-13(20)5-3-12/h6-10,12-13,22H,2-5,20H2,1H3,(H,24,25). The number of phenolic OH excluding ortho intramolecular Hbond substituents is 1.